The third kappa shape index (κ3) is 5.07. The zero-order valence-electron chi connectivity index (χ0n) is 19.3. The zero-order valence-corrected chi connectivity index (χ0v) is 19.3. The highest BCUT2D eigenvalue weighted by atomic mass is 16.3. The van der Waals surface area contributed by atoms with Crippen LogP contribution in [0.15, 0.2) is 35.5 Å². The molecule has 0 bridgehead atoms. The molecule has 2 N–H and O–H groups in total. The second-order valence-electron chi connectivity index (χ2n) is 11.0. The first-order chi connectivity index (χ1) is 13.7. The normalized spacial score (nSPS) is 39.3. The summed E-state index contributed by atoms with van der Waals surface area (Å²) in [5, 5.41) is 20.2. The Kier molecular flexibility index (Phi) is 7.49. The fourth-order valence-electron chi connectivity index (χ4n) is 6.73. The van der Waals surface area contributed by atoms with E-state index in [1.165, 1.54) is 51.4 Å². The minimum Gasteiger partial charge on any atom is -0.393 e. The molecule has 0 aromatic carbocycles. The first-order valence-electron chi connectivity index (χ1n) is 12.2. The van der Waals surface area contributed by atoms with Gasteiger partial charge in [0, 0.05) is 6.42 Å². The van der Waals surface area contributed by atoms with E-state index in [9.17, 15) is 10.2 Å². The second kappa shape index (κ2) is 9.52. The fraction of sp³-hybridized carbons (Fsp3) is 0.778. The minimum absolute atomic E-state index is 0.420. The highest BCUT2D eigenvalue weighted by Gasteiger charge is 2.50. The van der Waals surface area contributed by atoms with Gasteiger partial charge in [0.1, 0.15) is 0 Å². The molecule has 2 heteroatoms. The van der Waals surface area contributed by atoms with Gasteiger partial charge in [-0.05, 0) is 78.8 Å². The van der Waals surface area contributed by atoms with Crippen molar-refractivity contribution in [2.45, 2.75) is 104 Å². The van der Waals surface area contributed by atoms with Crippen LogP contribution in [0.25, 0.3) is 0 Å². The third-order valence-corrected chi connectivity index (χ3v) is 8.43. The molecule has 0 amide bonds. The maximum Gasteiger partial charge on any atom is 0.0811 e. The lowest BCUT2D eigenvalue weighted by atomic mass is 9.60. The van der Waals surface area contributed by atoms with Crippen LogP contribution in [0.2, 0.25) is 0 Å². The Hall–Kier alpha value is -0.860. The molecule has 0 aromatic rings. The topological polar surface area (TPSA) is 40.5 Å². The molecule has 2 nitrogen and oxygen atoms in total. The average Bonchev–Trinajstić information content (AvgIpc) is 3.00. The van der Waals surface area contributed by atoms with E-state index in [0.717, 1.165) is 28.9 Å². The highest BCUT2D eigenvalue weighted by Crippen LogP contribution is 2.59. The van der Waals surface area contributed by atoms with Crippen molar-refractivity contribution in [2.24, 2.45) is 29.1 Å². The predicted octanol–water partition coefficient (Wildman–Crippen LogP) is 6.59. The summed E-state index contributed by atoms with van der Waals surface area (Å²) in [7, 11) is 0. The molecule has 0 aromatic heterocycles. The summed E-state index contributed by atoms with van der Waals surface area (Å²) in [5.74, 6) is 3.20. The molecule has 0 spiro atoms. The van der Waals surface area contributed by atoms with E-state index in [-0.39, 0.29) is 0 Å². The molecule has 3 saturated carbocycles. The molecule has 29 heavy (non-hydrogen) atoms. The minimum atomic E-state index is -0.595. The first kappa shape index (κ1) is 22.8. The summed E-state index contributed by atoms with van der Waals surface area (Å²) < 4.78 is 0. The van der Waals surface area contributed by atoms with Crippen LogP contribution in [-0.2, 0) is 0 Å². The van der Waals surface area contributed by atoms with Gasteiger partial charge in [-0.25, -0.2) is 0 Å². The molecule has 3 aliphatic rings. The number of rotatable bonds is 6. The largest absolute Gasteiger partial charge is 0.393 e. The molecule has 164 valence electrons. The van der Waals surface area contributed by atoms with Crippen LogP contribution in [0.5, 0.6) is 0 Å². The van der Waals surface area contributed by atoms with Gasteiger partial charge in [0.2, 0.25) is 0 Å². The van der Waals surface area contributed by atoms with Gasteiger partial charge in [-0.15, -0.1) is 0 Å². The van der Waals surface area contributed by atoms with E-state index in [4.69, 9.17) is 0 Å². The van der Waals surface area contributed by atoms with Crippen molar-refractivity contribution >= 4 is 0 Å². The molecular formula is C27H44O2. The van der Waals surface area contributed by atoms with Gasteiger partial charge in [0.15, 0.2) is 0 Å². The quantitative estimate of drug-likeness (QED) is 0.528. The predicted molar refractivity (Wildman–Crippen MR) is 123 cm³/mol. The smallest absolute Gasteiger partial charge is 0.0811 e. The third-order valence-electron chi connectivity index (χ3n) is 8.43. The average molecular weight is 401 g/mol. The van der Waals surface area contributed by atoms with Crippen molar-refractivity contribution in [2.75, 3.05) is 0 Å². The SMILES string of the molecule is C=C1/C(=C/C=C2/CCC[C@]3(C)[C@@H](C(C)CCCC(C)C)CC[C@@H]23)CC(O)C[C@@H]1O. The van der Waals surface area contributed by atoms with Crippen molar-refractivity contribution in [3.05, 3.63) is 35.5 Å². The van der Waals surface area contributed by atoms with Gasteiger partial charge in [0.05, 0.1) is 12.2 Å². The van der Waals surface area contributed by atoms with Gasteiger partial charge >= 0.3 is 0 Å². The van der Waals surface area contributed by atoms with Crippen molar-refractivity contribution in [3.63, 3.8) is 0 Å². The number of hydrogen-bond acceptors (Lipinski definition) is 2. The Morgan fingerprint density at radius 1 is 1.14 bits per heavy atom. The molecular weight excluding hydrogens is 356 g/mol. The lowest BCUT2D eigenvalue weighted by Crippen LogP contribution is -2.36. The maximum atomic E-state index is 10.1. The summed E-state index contributed by atoms with van der Waals surface area (Å²) in [5.41, 5.74) is 3.88. The highest BCUT2D eigenvalue weighted by molar-refractivity contribution is 5.38. The lowest BCUT2D eigenvalue weighted by Gasteiger charge is -2.44. The van der Waals surface area contributed by atoms with Gasteiger partial charge in [-0.3, -0.25) is 0 Å². The summed E-state index contributed by atoms with van der Waals surface area (Å²) in [6.07, 6.45) is 15.2. The Morgan fingerprint density at radius 3 is 2.62 bits per heavy atom. The molecule has 0 saturated heterocycles. The molecule has 6 atom stereocenters. The maximum absolute atomic E-state index is 10.1. The Balaban J connectivity index is 1.71. The zero-order chi connectivity index (χ0) is 21.2. The summed E-state index contributed by atoms with van der Waals surface area (Å²) in [4.78, 5) is 0. The van der Waals surface area contributed by atoms with Gasteiger partial charge in [-0.2, -0.15) is 0 Å². The van der Waals surface area contributed by atoms with Crippen LogP contribution < -0.4 is 0 Å². The van der Waals surface area contributed by atoms with Crippen LogP contribution in [0, 0.1) is 29.1 Å². The van der Waals surface area contributed by atoms with Crippen LogP contribution in [0.3, 0.4) is 0 Å². The fourth-order valence-corrected chi connectivity index (χ4v) is 6.73. The van der Waals surface area contributed by atoms with E-state index in [2.05, 4.69) is 46.4 Å². The van der Waals surface area contributed by atoms with Crippen molar-refractivity contribution in [1.29, 1.82) is 0 Å². The standard InChI is InChI=1S/C27H44O2/c1-18(2)8-6-9-19(3)24-13-14-25-21(10-7-15-27(24,25)5)11-12-22-16-23(28)17-26(29)20(22)4/h11-12,18-19,23-26,28-29H,4,6-10,13-17H2,1-3,5H3/b21-11-,22-12+/t19?,23?,24-,25+,26+,27-/m1/s1. The Morgan fingerprint density at radius 2 is 1.90 bits per heavy atom. The molecule has 0 heterocycles. The van der Waals surface area contributed by atoms with E-state index in [1.807, 2.05) is 0 Å². The Labute approximate surface area is 179 Å². The van der Waals surface area contributed by atoms with Gasteiger partial charge in [0.25, 0.3) is 0 Å². The molecule has 3 aliphatic carbocycles. The van der Waals surface area contributed by atoms with Gasteiger partial charge in [-0.1, -0.05) is 71.3 Å². The number of fused-ring (bicyclic) bond motifs is 1. The second-order valence-corrected chi connectivity index (χ2v) is 11.0. The molecule has 0 radical (unpaired) electrons. The number of aliphatic hydroxyl groups excluding tert-OH is 2. The van der Waals surface area contributed by atoms with E-state index < -0.39 is 12.2 Å². The Bertz CT molecular complexity index is 643. The summed E-state index contributed by atoms with van der Waals surface area (Å²) in [6, 6.07) is 0. The molecule has 3 fully saturated rings. The first-order valence-corrected chi connectivity index (χ1v) is 12.2. The van der Waals surface area contributed by atoms with E-state index >= 15 is 0 Å². The van der Waals surface area contributed by atoms with E-state index in [0.29, 0.717) is 24.2 Å². The number of hydrogen-bond donors (Lipinski definition) is 2. The number of allylic oxidation sites excluding steroid dienone is 3. The monoisotopic (exact) mass is 400 g/mol. The number of aliphatic hydroxyl groups is 2. The summed E-state index contributed by atoms with van der Waals surface area (Å²) >= 11 is 0. The van der Waals surface area contributed by atoms with Crippen molar-refractivity contribution < 1.29 is 10.2 Å². The van der Waals surface area contributed by atoms with Crippen molar-refractivity contribution in [1.82, 2.24) is 0 Å². The lowest BCUT2D eigenvalue weighted by molar-refractivity contribution is 0.0861. The molecule has 0 aliphatic heterocycles. The molecule has 2 unspecified atom stereocenters. The summed E-state index contributed by atoms with van der Waals surface area (Å²) in [6.45, 7) is 13.8. The van der Waals surface area contributed by atoms with Gasteiger partial charge < -0.3 is 10.2 Å². The van der Waals surface area contributed by atoms with Crippen LogP contribution in [-0.4, -0.2) is 22.4 Å². The van der Waals surface area contributed by atoms with E-state index in [1.54, 1.807) is 5.57 Å². The van der Waals surface area contributed by atoms with Crippen molar-refractivity contribution in [3.8, 4) is 0 Å². The van der Waals surface area contributed by atoms with Crippen LogP contribution >= 0.6 is 0 Å². The molecule has 3 rings (SSSR count). The van der Waals surface area contributed by atoms with Crippen LogP contribution in [0.1, 0.15) is 91.9 Å². The van der Waals surface area contributed by atoms with Crippen LogP contribution in [0.4, 0.5) is 0 Å².